The van der Waals surface area contributed by atoms with Crippen molar-refractivity contribution < 1.29 is 9.53 Å². The van der Waals surface area contributed by atoms with Gasteiger partial charge in [0.1, 0.15) is 28.1 Å². The quantitative estimate of drug-likeness (QED) is 0.354. The zero-order chi connectivity index (χ0) is 23.7. The molecule has 8 heteroatoms. The number of aromatic nitrogens is 2. The van der Waals surface area contributed by atoms with Crippen LogP contribution in [0.3, 0.4) is 0 Å². The van der Waals surface area contributed by atoms with Gasteiger partial charge in [-0.3, -0.25) is 9.36 Å². The van der Waals surface area contributed by atoms with E-state index in [0.29, 0.717) is 21.6 Å². The van der Waals surface area contributed by atoms with Gasteiger partial charge in [0, 0.05) is 16.7 Å². The first-order valence-electron chi connectivity index (χ1n) is 11.5. The standard InChI is InChI=1S/C26H27ClN4O2S/c1-16(19-6-2-3-7-20(19)27)33-23-13-24(34-25(23)26(28)32)31-15-30-21-9-8-17(12-22(21)31)11-18-5-4-10-29-14-18/h2-3,6-9,12-13,15-16,18,29H,4-5,10-11,14H2,1H3,(H2,28,32)/t16?,18-/m0/s1. The Hall–Kier alpha value is -2.87. The molecule has 0 radical (unpaired) electrons. The molecule has 2 atom stereocenters. The Labute approximate surface area is 207 Å². The number of carbonyl (C=O) groups is 1. The molecule has 1 amide bonds. The fraction of sp³-hybridized carbons (Fsp3) is 0.308. The first-order chi connectivity index (χ1) is 16.5. The van der Waals surface area contributed by atoms with E-state index in [1.165, 1.54) is 29.7 Å². The lowest BCUT2D eigenvalue weighted by molar-refractivity contribution is 0.0998. The van der Waals surface area contributed by atoms with Crippen LogP contribution >= 0.6 is 22.9 Å². The van der Waals surface area contributed by atoms with Crippen molar-refractivity contribution in [2.24, 2.45) is 11.7 Å². The summed E-state index contributed by atoms with van der Waals surface area (Å²) in [7, 11) is 0. The number of benzene rings is 2. The molecule has 1 saturated heterocycles. The molecule has 2 aromatic heterocycles. The van der Waals surface area contributed by atoms with Gasteiger partial charge in [-0.1, -0.05) is 35.9 Å². The highest BCUT2D eigenvalue weighted by Gasteiger charge is 2.21. The number of nitrogens with two attached hydrogens (primary N) is 1. The molecule has 176 valence electrons. The third-order valence-electron chi connectivity index (χ3n) is 6.33. The largest absolute Gasteiger partial charge is 0.484 e. The average Bonchev–Trinajstić information content (AvgIpc) is 3.44. The Morgan fingerprint density at radius 3 is 2.94 bits per heavy atom. The molecule has 6 nitrogen and oxygen atoms in total. The Morgan fingerprint density at radius 2 is 2.18 bits per heavy atom. The topological polar surface area (TPSA) is 82.2 Å². The van der Waals surface area contributed by atoms with Crippen molar-refractivity contribution in [1.82, 2.24) is 14.9 Å². The molecule has 1 unspecified atom stereocenters. The van der Waals surface area contributed by atoms with Crippen LogP contribution in [0.15, 0.2) is 54.9 Å². The molecule has 3 N–H and O–H groups in total. The maximum absolute atomic E-state index is 12.2. The molecule has 1 aliphatic rings. The van der Waals surface area contributed by atoms with Crippen LogP contribution < -0.4 is 15.8 Å². The number of amides is 1. The third-order valence-corrected chi connectivity index (χ3v) is 7.80. The number of thiophene rings is 1. The number of imidazole rings is 1. The highest BCUT2D eigenvalue weighted by Crippen LogP contribution is 2.37. The molecule has 3 heterocycles. The van der Waals surface area contributed by atoms with Crippen LogP contribution in [-0.2, 0) is 6.42 Å². The van der Waals surface area contributed by atoms with Gasteiger partial charge < -0.3 is 15.8 Å². The summed E-state index contributed by atoms with van der Waals surface area (Å²) in [6.45, 7) is 4.08. The summed E-state index contributed by atoms with van der Waals surface area (Å²) in [4.78, 5) is 17.2. The molecule has 1 aliphatic heterocycles. The van der Waals surface area contributed by atoms with E-state index in [9.17, 15) is 4.79 Å². The maximum atomic E-state index is 12.2. The van der Waals surface area contributed by atoms with Crippen molar-refractivity contribution in [1.29, 1.82) is 0 Å². The van der Waals surface area contributed by atoms with Crippen LogP contribution in [0.4, 0.5) is 0 Å². The van der Waals surface area contributed by atoms with Gasteiger partial charge in [-0.05, 0) is 69.0 Å². The number of ether oxygens (including phenoxy) is 1. The minimum absolute atomic E-state index is 0.343. The third kappa shape index (κ3) is 4.69. The van der Waals surface area contributed by atoms with Crippen molar-refractivity contribution in [3.8, 4) is 10.8 Å². The van der Waals surface area contributed by atoms with Gasteiger partial charge in [0.05, 0.1) is 11.0 Å². The molecular weight excluding hydrogens is 468 g/mol. The number of nitrogens with one attached hydrogen (secondary N) is 1. The minimum Gasteiger partial charge on any atom is -0.484 e. The van der Waals surface area contributed by atoms with Crippen molar-refractivity contribution in [3.05, 3.63) is 75.9 Å². The number of hydrogen-bond acceptors (Lipinski definition) is 5. The second-order valence-corrected chi connectivity index (χ2v) is 10.2. The minimum atomic E-state index is -0.521. The van der Waals surface area contributed by atoms with E-state index in [-0.39, 0.29) is 6.10 Å². The van der Waals surface area contributed by atoms with E-state index in [0.717, 1.165) is 41.1 Å². The zero-order valence-electron chi connectivity index (χ0n) is 19.0. The summed E-state index contributed by atoms with van der Waals surface area (Å²) in [6, 6.07) is 15.8. The fourth-order valence-corrected chi connectivity index (χ4v) is 5.80. The van der Waals surface area contributed by atoms with Gasteiger partial charge in [0.25, 0.3) is 5.91 Å². The molecule has 4 aromatic rings. The number of rotatable bonds is 7. The van der Waals surface area contributed by atoms with E-state index in [2.05, 4.69) is 28.5 Å². The summed E-state index contributed by atoms with van der Waals surface area (Å²) >= 11 is 7.64. The molecular formula is C26H27ClN4O2S. The molecule has 0 saturated carbocycles. The summed E-state index contributed by atoms with van der Waals surface area (Å²) in [5, 5.41) is 4.94. The van der Waals surface area contributed by atoms with E-state index in [1.54, 1.807) is 6.33 Å². The lowest BCUT2D eigenvalue weighted by atomic mass is 9.92. The van der Waals surface area contributed by atoms with Crippen LogP contribution in [-0.4, -0.2) is 28.5 Å². The van der Waals surface area contributed by atoms with E-state index in [4.69, 9.17) is 22.1 Å². The van der Waals surface area contributed by atoms with Gasteiger partial charge in [-0.25, -0.2) is 4.98 Å². The predicted molar refractivity (Wildman–Crippen MR) is 137 cm³/mol. The highest BCUT2D eigenvalue weighted by molar-refractivity contribution is 7.16. The Kier molecular flexibility index (Phi) is 6.59. The lowest BCUT2D eigenvalue weighted by Crippen LogP contribution is -2.30. The van der Waals surface area contributed by atoms with Gasteiger partial charge in [-0.2, -0.15) is 0 Å². The van der Waals surface area contributed by atoms with E-state index >= 15 is 0 Å². The van der Waals surface area contributed by atoms with Crippen LogP contribution in [0.5, 0.6) is 5.75 Å². The van der Waals surface area contributed by atoms with Crippen molar-refractivity contribution >= 4 is 39.9 Å². The summed E-state index contributed by atoms with van der Waals surface area (Å²) in [5.41, 5.74) is 9.75. The van der Waals surface area contributed by atoms with Gasteiger partial charge in [0.15, 0.2) is 0 Å². The normalized spacial score (nSPS) is 17.1. The van der Waals surface area contributed by atoms with E-state index < -0.39 is 5.91 Å². The first-order valence-corrected chi connectivity index (χ1v) is 12.7. The predicted octanol–water partition coefficient (Wildman–Crippen LogP) is 5.52. The summed E-state index contributed by atoms with van der Waals surface area (Å²) < 4.78 is 8.18. The number of fused-ring (bicyclic) bond motifs is 1. The molecule has 0 bridgehead atoms. The van der Waals surface area contributed by atoms with Crippen LogP contribution in [0.1, 0.15) is 46.7 Å². The number of hydrogen-bond donors (Lipinski definition) is 2. The number of halogens is 1. The SMILES string of the molecule is CC(Oc1cc(-n2cnc3ccc(C[C@@H]4CCCNC4)cc32)sc1C(N)=O)c1ccccc1Cl. The number of primary amides is 1. The zero-order valence-corrected chi connectivity index (χ0v) is 20.5. The molecule has 1 fully saturated rings. The second-order valence-electron chi connectivity index (χ2n) is 8.78. The highest BCUT2D eigenvalue weighted by atomic mass is 35.5. The first kappa shape index (κ1) is 22.9. The number of nitrogens with zero attached hydrogens (tertiary/aromatic N) is 2. The molecule has 0 spiro atoms. The Balaban J connectivity index is 1.46. The molecule has 0 aliphatic carbocycles. The number of piperidine rings is 1. The van der Waals surface area contributed by atoms with Gasteiger partial charge >= 0.3 is 0 Å². The van der Waals surface area contributed by atoms with Gasteiger partial charge in [-0.15, -0.1) is 11.3 Å². The maximum Gasteiger partial charge on any atom is 0.262 e. The summed E-state index contributed by atoms with van der Waals surface area (Å²) in [6.07, 6.45) is 4.96. The van der Waals surface area contributed by atoms with Crippen LogP contribution in [0.25, 0.3) is 16.0 Å². The van der Waals surface area contributed by atoms with E-state index in [1.807, 2.05) is 41.8 Å². The monoisotopic (exact) mass is 494 g/mol. The molecule has 2 aromatic carbocycles. The van der Waals surface area contributed by atoms with Gasteiger partial charge in [0.2, 0.25) is 0 Å². The second kappa shape index (κ2) is 9.78. The lowest BCUT2D eigenvalue weighted by Gasteiger charge is -2.22. The van der Waals surface area contributed by atoms with Crippen LogP contribution in [0, 0.1) is 5.92 Å². The Morgan fingerprint density at radius 1 is 1.32 bits per heavy atom. The molecule has 34 heavy (non-hydrogen) atoms. The van der Waals surface area contributed by atoms with Crippen molar-refractivity contribution in [2.75, 3.05) is 13.1 Å². The Bertz CT molecular complexity index is 1330. The van der Waals surface area contributed by atoms with Crippen LogP contribution in [0.2, 0.25) is 5.02 Å². The van der Waals surface area contributed by atoms with Crippen molar-refractivity contribution in [3.63, 3.8) is 0 Å². The fourth-order valence-electron chi connectivity index (χ4n) is 4.59. The smallest absolute Gasteiger partial charge is 0.262 e. The van der Waals surface area contributed by atoms with Crippen molar-refractivity contribution in [2.45, 2.75) is 32.3 Å². The average molecular weight is 495 g/mol. The summed E-state index contributed by atoms with van der Waals surface area (Å²) in [5.74, 6) is 0.579. The molecule has 5 rings (SSSR count). The number of carbonyl (C=O) groups excluding carboxylic acids is 1.